The van der Waals surface area contributed by atoms with E-state index in [1.807, 2.05) is 18.2 Å². The molecule has 0 saturated carbocycles. The Morgan fingerprint density at radius 1 is 1.00 bits per heavy atom. The molecule has 0 saturated heterocycles. The number of nitrogens with two attached hydrogens (primary N) is 1. The fourth-order valence-corrected chi connectivity index (χ4v) is 2.23. The zero-order chi connectivity index (χ0) is 16.8. The van der Waals surface area contributed by atoms with E-state index in [1.54, 1.807) is 20.8 Å². The standard InChI is InChI=1S/C8H11N.C6H15NO5S/c9-7-6-8-4-2-1-3-5-8;1-4-10-7(11-5-2)13(8,9)12-6-3/h1-5H,6-7,9H2;4-6H2,1-3H3. The molecule has 0 aliphatic rings. The first-order chi connectivity index (χ1) is 10.5. The molecular formula is C14H26N2O5S. The van der Waals surface area contributed by atoms with Crippen LogP contribution in [0.1, 0.15) is 26.3 Å². The molecule has 0 radical (unpaired) electrons. The summed E-state index contributed by atoms with van der Waals surface area (Å²) in [6.07, 6.45) is 0.987. The minimum Gasteiger partial charge on any atom is -0.330 e. The summed E-state index contributed by atoms with van der Waals surface area (Å²) in [7, 11) is -3.91. The summed E-state index contributed by atoms with van der Waals surface area (Å²) in [6.45, 7) is 6.01. The minimum absolute atomic E-state index is 0.0407. The molecule has 0 spiro atoms. The molecule has 22 heavy (non-hydrogen) atoms. The first-order valence-electron chi connectivity index (χ1n) is 7.21. The predicted octanol–water partition coefficient (Wildman–Crippen LogP) is 1.66. The Balaban J connectivity index is 0.000000425. The largest absolute Gasteiger partial charge is 0.385 e. The molecule has 0 aliphatic carbocycles. The summed E-state index contributed by atoms with van der Waals surface area (Å²) in [5, 5.41) is 0. The van der Waals surface area contributed by atoms with Crippen LogP contribution >= 0.6 is 0 Å². The molecular weight excluding hydrogens is 308 g/mol. The van der Waals surface area contributed by atoms with Crippen molar-refractivity contribution in [2.75, 3.05) is 26.4 Å². The van der Waals surface area contributed by atoms with E-state index < -0.39 is 10.3 Å². The van der Waals surface area contributed by atoms with Crippen LogP contribution in [0.2, 0.25) is 0 Å². The lowest BCUT2D eigenvalue weighted by atomic mass is 10.2. The highest BCUT2D eigenvalue weighted by molar-refractivity contribution is 7.84. The number of rotatable bonds is 9. The summed E-state index contributed by atoms with van der Waals surface area (Å²) < 4.78 is 27.2. The third-order valence-electron chi connectivity index (χ3n) is 2.19. The third kappa shape index (κ3) is 9.08. The average Bonchev–Trinajstić information content (AvgIpc) is 2.49. The highest BCUT2D eigenvalue weighted by Crippen LogP contribution is 2.04. The summed E-state index contributed by atoms with van der Waals surface area (Å²) >= 11 is 0. The van der Waals surface area contributed by atoms with Gasteiger partial charge in [-0.25, -0.2) is 0 Å². The van der Waals surface area contributed by atoms with Crippen LogP contribution in [0, 0.1) is 0 Å². The van der Waals surface area contributed by atoms with Crippen molar-refractivity contribution in [3.8, 4) is 0 Å². The Morgan fingerprint density at radius 2 is 1.55 bits per heavy atom. The highest BCUT2D eigenvalue weighted by Gasteiger charge is 2.24. The van der Waals surface area contributed by atoms with Crippen molar-refractivity contribution in [2.24, 2.45) is 5.73 Å². The maximum Gasteiger partial charge on any atom is 0.385 e. The van der Waals surface area contributed by atoms with E-state index in [0.717, 1.165) is 13.0 Å². The zero-order valence-corrected chi connectivity index (χ0v) is 14.2. The van der Waals surface area contributed by atoms with Crippen molar-refractivity contribution in [1.82, 2.24) is 4.63 Å². The summed E-state index contributed by atoms with van der Waals surface area (Å²) in [5.41, 5.74) is 6.68. The summed E-state index contributed by atoms with van der Waals surface area (Å²) in [6, 6.07) is 10.3. The second-order valence-electron chi connectivity index (χ2n) is 3.92. The molecule has 0 aliphatic heterocycles. The molecule has 0 aromatic heterocycles. The Labute approximate surface area is 133 Å². The molecule has 7 nitrogen and oxygen atoms in total. The lowest BCUT2D eigenvalue weighted by molar-refractivity contribution is -0.301. The lowest BCUT2D eigenvalue weighted by Crippen LogP contribution is -2.33. The Morgan fingerprint density at radius 3 is 1.95 bits per heavy atom. The quantitative estimate of drug-likeness (QED) is 0.691. The van der Waals surface area contributed by atoms with Gasteiger partial charge in [0, 0.05) is 0 Å². The second kappa shape index (κ2) is 12.5. The first-order valence-corrected chi connectivity index (χ1v) is 8.57. The van der Waals surface area contributed by atoms with Crippen LogP contribution in [0.5, 0.6) is 0 Å². The van der Waals surface area contributed by atoms with Gasteiger partial charge in [-0.1, -0.05) is 30.3 Å². The maximum atomic E-state index is 11.2. The van der Waals surface area contributed by atoms with Crippen molar-refractivity contribution in [2.45, 2.75) is 27.2 Å². The second-order valence-corrected chi connectivity index (χ2v) is 5.31. The Kier molecular flexibility index (Phi) is 11.9. The van der Waals surface area contributed by atoms with E-state index in [2.05, 4.69) is 16.3 Å². The van der Waals surface area contributed by atoms with Crippen LogP contribution in [-0.4, -0.2) is 39.4 Å². The Bertz CT molecular complexity index is 461. The smallest absolute Gasteiger partial charge is 0.330 e. The minimum atomic E-state index is -3.91. The van der Waals surface area contributed by atoms with Crippen molar-refractivity contribution < 1.29 is 22.3 Å². The van der Waals surface area contributed by atoms with Gasteiger partial charge in [0.15, 0.2) is 0 Å². The van der Waals surface area contributed by atoms with Gasteiger partial charge in [0.25, 0.3) is 0 Å². The van der Waals surface area contributed by atoms with Crippen LogP contribution in [0.15, 0.2) is 30.3 Å². The van der Waals surface area contributed by atoms with Crippen molar-refractivity contribution in [3.05, 3.63) is 35.9 Å². The molecule has 0 unspecified atom stereocenters. The average molecular weight is 334 g/mol. The molecule has 1 aromatic rings. The van der Waals surface area contributed by atoms with E-state index in [9.17, 15) is 8.42 Å². The zero-order valence-electron chi connectivity index (χ0n) is 13.4. The van der Waals surface area contributed by atoms with E-state index in [4.69, 9.17) is 15.4 Å². The van der Waals surface area contributed by atoms with Gasteiger partial charge in [-0.2, -0.15) is 8.42 Å². The highest BCUT2D eigenvalue weighted by atomic mass is 32.2. The number of benzene rings is 1. The molecule has 1 aromatic carbocycles. The van der Waals surface area contributed by atoms with E-state index >= 15 is 0 Å². The Hall–Kier alpha value is -1.03. The molecule has 0 bridgehead atoms. The van der Waals surface area contributed by atoms with E-state index in [1.165, 1.54) is 5.56 Å². The third-order valence-corrected chi connectivity index (χ3v) is 3.30. The molecule has 0 fully saturated rings. The van der Waals surface area contributed by atoms with E-state index in [0.29, 0.717) is 4.63 Å². The normalized spacial score (nSPS) is 11.1. The number of hydrogen-bond donors (Lipinski definition) is 1. The van der Waals surface area contributed by atoms with E-state index in [-0.39, 0.29) is 19.8 Å². The number of hydrogen-bond acceptors (Lipinski definition) is 6. The molecule has 1 rings (SSSR count). The van der Waals surface area contributed by atoms with Crippen molar-refractivity contribution in [3.63, 3.8) is 0 Å². The molecule has 8 heteroatoms. The summed E-state index contributed by atoms with van der Waals surface area (Å²) in [4.78, 5) is 9.40. The van der Waals surface area contributed by atoms with Gasteiger partial charge >= 0.3 is 10.3 Å². The fourth-order valence-electron chi connectivity index (χ4n) is 1.38. The van der Waals surface area contributed by atoms with Crippen molar-refractivity contribution >= 4 is 10.3 Å². The van der Waals surface area contributed by atoms with Gasteiger partial charge in [0.1, 0.15) is 0 Å². The monoisotopic (exact) mass is 334 g/mol. The van der Waals surface area contributed by atoms with Crippen LogP contribution in [0.4, 0.5) is 0 Å². The maximum absolute atomic E-state index is 11.2. The topological polar surface area (TPSA) is 91.1 Å². The number of nitrogens with zero attached hydrogens (tertiary/aromatic N) is 1. The van der Waals surface area contributed by atoms with Gasteiger partial charge in [-0.15, -0.1) is 0 Å². The molecule has 0 heterocycles. The van der Waals surface area contributed by atoms with Gasteiger partial charge in [-0.05, 0) is 39.3 Å². The predicted molar refractivity (Wildman–Crippen MR) is 84.8 cm³/mol. The van der Waals surface area contributed by atoms with Gasteiger partial charge in [-0.3, -0.25) is 13.9 Å². The molecule has 0 amide bonds. The van der Waals surface area contributed by atoms with Crippen LogP contribution in [-0.2, 0) is 30.6 Å². The van der Waals surface area contributed by atoms with Gasteiger partial charge < -0.3 is 5.73 Å². The van der Waals surface area contributed by atoms with Crippen LogP contribution in [0.25, 0.3) is 0 Å². The molecule has 0 atom stereocenters. The van der Waals surface area contributed by atoms with Crippen LogP contribution < -0.4 is 5.73 Å². The first kappa shape index (κ1) is 21.0. The fraction of sp³-hybridized carbons (Fsp3) is 0.571. The van der Waals surface area contributed by atoms with Crippen molar-refractivity contribution in [1.29, 1.82) is 0 Å². The molecule has 2 N–H and O–H groups in total. The SMILES string of the molecule is CCON(OCC)S(=O)(=O)OCC.NCCc1ccccc1. The lowest BCUT2D eigenvalue weighted by Gasteiger charge is -2.17. The molecule has 128 valence electrons. The van der Waals surface area contributed by atoms with Gasteiger partial charge in [0.2, 0.25) is 0 Å². The van der Waals surface area contributed by atoms with Gasteiger partial charge in [0.05, 0.1) is 24.5 Å². The van der Waals surface area contributed by atoms with Crippen LogP contribution in [0.3, 0.4) is 0 Å². The summed E-state index contributed by atoms with van der Waals surface area (Å²) in [5.74, 6) is 0.